The van der Waals surface area contributed by atoms with Gasteiger partial charge in [-0.15, -0.1) is 0 Å². The van der Waals surface area contributed by atoms with Gasteiger partial charge in [-0.25, -0.2) is 0 Å². The van der Waals surface area contributed by atoms with Gasteiger partial charge < -0.3 is 9.80 Å². The van der Waals surface area contributed by atoms with Crippen molar-refractivity contribution < 1.29 is 0 Å². The Morgan fingerprint density at radius 3 is 2.14 bits per heavy atom. The van der Waals surface area contributed by atoms with Gasteiger partial charge in [-0.1, -0.05) is 74.2 Å². The highest BCUT2D eigenvalue weighted by Crippen LogP contribution is 2.56. The maximum atomic E-state index is 6.55. The van der Waals surface area contributed by atoms with Crippen molar-refractivity contribution >= 4 is 29.0 Å². The van der Waals surface area contributed by atoms with Crippen molar-refractivity contribution in [3.8, 4) is 0 Å². The molecule has 28 heavy (non-hydrogen) atoms. The minimum absolute atomic E-state index is 0.0449. The summed E-state index contributed by atoms with van der Waals surface area (Å²) >= 11 is 6.55. The minimum atomic E-state index is -2.03. The molecule has 2 aliphatic rings. The van der Waals surface area contributed by atoms with Crippen LogP contribution < -0.4 is 10.2 Å². The average Bonchev–Trinajstić information content (AvgIpc) is 2.90. The fourth-order valence-corrected chi connectivity index (χ4v) is 8.44. The highest BCUT2D eigenvalue weighted by molar-refractivity contribution is 8.18. The lowest BCUT2D eigenvalue weighted by Crippen LogP contribution is -2.44. The second-order valence-electron chi connectivity index (χ2n) is 8.43. The Morgan fingerprint density at radius 1 is 0.893 bits per heavy atom. The molecule has 4 rings (SSSR count). The molecule has 0 bridgehead atoms. The predicted molar refractivity (Wildman–Crippen MR) is 125 cm³/mol. The van der Waals surface area contributed by atoms with E-state index in [0.29, 0.717) is 0 Å². The first-order valence-electron chi connectivity index (χ1n) is 10.00. The summed E-state index contributed by atoms with van der Waals surface area (Å²) in [4.78, 5) is 4.76. The van der Waals surface area contributed by atoms with Crippen LogP contribution in [0.1, 0.15) is 19.4 Å². The summed E-state index contributed by atoms with van der Waals surface area (Å²) in [5.41, 5.74) is 3.97. The highest BCUT2D eigenvalue weighted by Gasteiger charge is 2.40. The Bertz CT molecular complexity index is 930. The molecule has 2 aromatic carbocycles. The van der Waals surface area contributed by atoms with E-state index in [4.69, 9.17) is 11.8 Å². The molecule has 0 N–H and O–H groups in total. The third kappa shape index (κ3) is 3.27. The van der Waals surface area contributed by atoms with Crippen LogP contribution in [0.4, 0.5) is 5.69 Å². The van der Waals surface area contributed by atoms with Crippen LogP contribution in [0.5, 0.6) is 0 Å². The molecule has 1 saturated heterocycles. The smallest absolute Gasteiger partial charge is 0.0658 e. The Balaban J connectivity index is 1.84. The van der Waals surface area contributed by atoms with Gasteiger partial charge in [0.05, 0.1) is 6.19 Å². The van der Waals surface area contributed by atoms with E-state index in [-0.39, 0.29) is 5.41 Å². The first-order chi connectivity index (χ1) is 13.3. The number of nitrogens with zero attached hydrogens (tertiary/aromatic N) is 3. The van der Waals surface area contributed by atoms with E-state index in [1.54, 1.807) is 0 Å². The van der Waals surface area contributed by atoms with Crippen molar-refractivity contribution in [2.75, 3.05) is 45.2 Å². The summed E-state index contributed by atoms with van der Waals surface area (Å²) in [6.45, 7) is 8.88. The molecule has 0 spiro atoms. The fraction of sp³-hybridized carbons (Fsp3) is 0.391. The van der Waals surface area contributed by atoms with Crippen LogP contribution in [0, 0.1) is 0 Å². The van der Waals surface area contributed by atoms with E-state index in [0.717, 1.165) is 26.2 Å². The zero-order valence-electron chi connectivity index (χ0n) is 17.3. The molecular formula is C23H30N3PS. The lowest BCUT2D eigenvalue weighted by Gasteiger charge is -2.40. The lowest BCUT2D eigenvalue weighted by atomic mass is 9.84. The van der Waals surface area contributed by atoms with Crippen molar-refractivity contribution in [3.63, 3.8) is 0 Å². The third-order valence-corrected chi connectivity index (χ3v) is 10.8. The second-order valence-corrected chi connectivity index (χ2v) is 12.7. The van der Waals surface area contributed by atoms with Gasteiger partial charge in [0.15, 0.2) is 0 Å². The van der Waals surface area contributed by atoms with Crippen LogP contribution in [0.15, 0.2) is 66.1 Å². The Labute approximate surface area is 174 Å². The fourth-order valence-electron chi connectivity index (χ4n) is 4.45. The maximum absolute atomic E-state index is 6.55. The number of para-hydroxylation sites is 1. The SMILES string of the molecule is CN1CCN([P@](=S)(C=C2N(C)c3ccccc3C2(C)C)c2ccccc2)CC1. The van der Waals surface area contributed by atoms with Gasteiger partial charge in [-0.2, -0.15) is 0 Å². The number of hydrogen-bond acceptors (Lipinski definition) is 3. The average molecular weight is 412 g/mol. The number of allylic oxidation sites excluding steroid dienone is 1. The zero-order chi connectivity index (χ0) is 19.9. The second kappa shape index (κ2) is 7.42. The Kier molecular flexibility index (Phi) is 5.26. The summed E-state index contributed by atoms with van der Waals surface area (Å²) in [5.74, 6) is 2.46. The lowest BCUT2D eigenvalue weighted by molar-refractivity contribution is 0.230. The molecule has 0 radical (unpaired) electrons. The van der Waals surface area contributed by atoms with E-state index < -0.39 is 6.19 Å². The molecule has 2 heterocycles. The molecule has 5 heteroatoms. The van der Waals surface area contributed by atoms with Crippen LogP contribution in [-0.2, 0) is 17.2 Å². The van der Waals surface area contributed by atoms with Crippen LogP contribution >= 0.6 is 6.19 Å². The zero-order valence-corrected chi connectivity index (χ0v) is 19.0. The molecule has 0 unspecified atom stereocenters. The van der Waals surface area contributed by atoms with Crippen molar-refractivity contribution in [1.82, 2.24) is 9.57 Å². The quantitative estimate of drug-likeness (QED) is 0.699. The van der Waals surface area contributed by atoms with Gasteiger partial charge in [0.2, 0.25) is 0 Å². The van der Waals surface area contributed by atoms with Gasteiger partial charge in [-0.3, -0.25) is 4.67 Å². The van der Waals surface area contributed by atoms with E-state index in [1.807, 2.05) is 0 Å². The van der Waals surface area contributed by atoms with Gasteiger partial charge in [0.1, 0.15) is 0 Å². The first-order valence-corrected chi connectivity index (χ1v) is 12.8. The van der Waals surface area contributed by atoms with Crippen LogP contribution in [0.3, 0.4) is 0 Å². The first kappa shape index (κ1) is 19.8. The van der Waals surface area contributed by atoms with Crippen molar-refractivity contribution in [1.29, 1.82) is 0 Å². The number of piperazine rings is 1. The maximum Gasteiger partial charge on any atom is 0.0658 e. The molecule has 0 aliphatic carbocycles. The third-order valence-electron chi connectivity index (χ3n) is 6.26. The summed E-state index contributed by atoms with van der Waals surface area (Å²) in [5, 5.41) is 1.29. The summed E-state index contributed by atoms with van der Waals surface area (Å²) in [7, 11) is 4.39. The molecule has 148 valence electrons. The molecule has 0 amide bonds. The topological polar surface area (TPSA) is 9.72 Å². The highest BCUT2D eigenvalue weighted by atomic mass is 32.4. The molecule has 1 fully saturated rings. The molecule has 0 aromatic heterocycles. The Morgan fingerprint density at radius 2 is 1.50 bits per heavy atom. The number of rotatable bonds is 3. The van der Waals surface area contributed by atoms with Gasteiger partial charge >= 0.3 is 0 Å². The van der Waals surface area contributed by atoms with Crippen molar-refractivity contribution in [2.24, 2.45) is 0 Å². The Hall–Kier alpha value is -1.45. The largest absolute Gasteiger partial charge is 0.347 e. The standard InChI is InChI=1S/C23H30N3PS/c1-23(2)20-12-8-9-13-21(20)25(4)22(23)18-27(28,19-10-6-5-7-11-19)26-16-14-24(3)15-17-26/h5-13,18H,14-17H2,1-4H3/t27-/m0/s1. The number of hydrogen-bond donors (Lipinski definition) is 0. The number of benzene rings is 2. The monoisotopic (exact) mass is 411 g/mol. The van der Waals surface area contributed by atoms with E-state index in [2.05, 4.69) is 103 Å². The predicted octanol–water partition coefficient (Wildman–Crippen LogP) is 4.22. The van der Waals surface area contributed by atoms with Crippen LogP contribution in [0.25, 0.3) is 0 Å². The number of likely N-dealkylation sites (N-methyl/N-ethyl adjacent to an activating group) is 2. The molecule has 2 aromatic rings. The molecule has 0 saturated carbocycles. The summed E-state index contributed by atoms with van der Waals surface area (Å²) in [6.07, 6.45) is -2.03. The summed E-state index contributed by atoms with van der Waals surface area (Å²) in [6, 6.07) is 19.5. The van der Waals surface area contributed by atoms with Crippen molar-refractivity contribution in [3.05, 3.63) is 71.7 Å². The van der Waals surface area contributed by atoms with Gasteiger partial charge in [0.25, 0.3) is 0 Å². The minimum Gasteiger partial charge on any atom is -0.347 e. The van der Waals surface area contributed by atoms with Crippen LogP contribution in [-0.4, -0.2) is 49.8 Å². The molecule has 2 aliphatic heterocycles. The summed E-state index contributed by atoms with van der Waals surface area (Å²) < 4.78 is 2.58. The van der Waals surface area contributed by atoms with Gasteiger partial charge in [0, 0.05) is 55.3 Å². The van der Waals surface area contributed by atoms with E-state index in [1.165, 1.54) is 22.3 Å². The molecular weight excluding hydrogens is 381 g/mol. The van der Waals surface area contributed by atoms with Crippen molar-refractivity contribution in [2.45, 2.75) is 19.3 Å². The number of fused-ring (bicyclic) bond motifs is 1. The van der Waals surface area contributed by atoms with Gasteiger partial charge in [-0.05, 0) is 24.5 Å². The normalized spacial score (nSPS) is 23.6. The van der Waals surface area contributed by atoms with E-state index in [9.17, 15) is 0 Å². The molecule has 3 nitrogen and oxygen atoms in total. The van der Waals surface area contributed by atoms with E-state index >= 15 is 0 Å². The number of anilines is 1. The van der Waals surface area contributed by atoms with Crippen LogP contribution in [0.2, 0.25) is 0 Å². The molecule has 1 atom stereocenters.